The quantitative estimate of drug-likeness (QED) is 0.695. The number of carbonyl (C=O) groups is 1. The maximum Gasteiger partial charge on any atom is 0.262 e. The molecule has 0 radical (unpaired) electrons. The molecule has 1 aromatic heterocycles. The van der Waals surface area contributed by atoms with Gasteiger partial charge in [0.05, 0.1) is 27.8 Å². The molecule has 7 heteroatoms. The standard InChI is InChI=1S/C20H19ClFN3O2/c1-12-4-6-15(7-5-12)25-14(3)20(13(2)24-25)23-19(26)11-27-16-8-9-18(22)17(21)10-16/h4-10H,11H2,1-3H3,(H,23,26). The first-order valence-corrected chi connectivity index (χ1v) is 8.74. The molecule has 0 fully saturated rings. The topological polar surface area (TPSA) is 56.2 Å². The Kier molecular flexibility index (Phi) is 5.46. The third kappa shape index (κ3) is 4.28. The van der Waals surface area contributed by atoms with Crippen LogP contribution in [0.5, 0.6) is 5.75 Å². The van der Waals surface area contributed by atoms with Crippen LogP contribution >= 0.6 is 11.6 Å². The van der Waals surface area contributed by atoms with Gasteiger partial charge in [0.25, 0.3) is 5.91 Å². The zero-order valence-electron chi connectivity index (χ0n) is 15.2. The number of aryl methyl sites for hydroxylation is 2. The summed E-state index contributed by atoms with van der Waals surface area (Å²) in [5.41, 5.74) is 4.23. The van der Waals surface area contributed by atoms with Crippen LogP contribution in [0.2, 0.25) is 5.02 Å². The van der Waals surface area contributed by atoms with Crippen LogP contribution in [-0.2, 0) is 4.79 Å². The fraction of sp³-hybridized carbons (Fsp3) is 0.200. The van der Waals surface area contributed by atoms with Gasteiger partial charge >= 0.3 is 0 Å². The van der Waals surface area contributed by atoms with E-state index in [4.69, 9.17) is 16.3 Å². The number of hydrogen-bond acceptors (Lipinski definition) is 3. The number of rotatable bonds is 5. The number of aromatic nitrogens is 2. The lowest BCUT2D eigenvalue weighted by Crippen LogP contribution is -2.21. The third-order valence-electron chi connectivity index (χ3n) is 4.10. The highest BCUT2D eigenvalue weighted by molar-refractivity contribution is 6.30. The normalized spacial score (nSPS) is 10.7. The van der Waals surface area contributed by atoms with Crippen molar-refractivity contribution in [1.29, 1.82) is 0 Å². The molecule has 0 bridgehead atoms. The molecular weight excluding hydrogens is 369 g/mol. The number of hydrogen-bond donors (Lipinski definition) is 1. The summed E-state index contributed by atoms with van der Waals surface area (Å²) in [7, 11) is 0. The van der Waals surface area contributed by atoms with Crippen molar-refractivity contribution in [2.45, 2.75) is 20.8 Å². The first kappa shape index (κ1) is 18.9. The van der Waals surface area contributed by atoms with E-state index in [9.17, 15) is 9.18 Å². The van der Waals surface area contributed by atoms with Crippen molar-refractivity contribution in [3.05, 3.63) is 70.3 Å². The monoisotopic (exact) mass is 387 g/mol. The molecule has 2 aromatic carbocycles. The van der Waals surface area contributed by atoms with E-state index in [0.29, 0.717) is 17.1 Å². The van der Waals surface area contributed by atoms with Crippen molar-refractivity contribution >= 4 is 23.2 Å². The Hall–Kier alpha value is -2.86. The van der Waals surface area contributed by atoms with E-state index in [1.165, 1.54) is 18.2 Å². The number of nitrogens with one attached hydrogen (secondary N) is 1. The van der Waals surface area contributed by atoms with E-state index in [2.05, 4.69) is 10.4 Å². The number of amides is 1. The second-order valence-corrected chi connectivity index (χ2v) is 6.61. The molecule has 0 saturated heterocycles. The Labute approximate surface area is 161 Å². The second kappa shape index (κ2) is 7.80. The summed E-state index contributed by atoms with van der Waals surface area (Å²) < 4.78 is 20.3. The molecule has 27 heavy (non-hydrogen) atoms. The van der Waals surface area contributed by atoms with Gasteiger partial charge in [-0.25, -0.2) is 9.07 Å². The predicted molar refractivity (Wildman–Crippen MR) is 103 cm³/mol. The average molecular weight is 388 g/mol. The van der Waals surface area contributed by atoms with Crippen LogP contribution in [-0.4, -0.2) is 22.3 Å². The molecule has 140 valence electrons. The van der Waals surface area contributed by atoms with Gasteiger partial charge in [0, 0.05) is 6.07 Å². The minimum atomic E-state index is -0.539. The molecule has 0 aliphatic carbocycles. The zero-order chi connectivity index (χ0) is 19.6. The average Bonchev–Trinajstić information content (AvgIpc) is 2.91. The van der Waals surface area contributed by atoms with Crippen molar-refractivity contribution in [2.75, 3.05) is 11.9 Å². The summed E-state index contributed by atoms with van der Waals surface area (Å²) >= 11 is 5.70. The molecule has 3 rings (SSSR count). The van der Waals surface area contributed by atoms with Gasteiger partial charge in [-0.1, -0.05) is 29.3 Å². The van der Waals surface area contributed by atoms with Crippen LogP contribution in [0.4, 0.5) is 10.1 Å². The van der Waals surface area contributed by atoms with Gasteiger partial charge in [-0.2, -0.15) is 5.10 Å². The van der Waals surface area contributed by atoms with Gasteiger partial charge in [0.2, 0.25) is 0 Å². The predicted octanol–water partition coefficient (Wildman–Crippen LogP) is 4.61. The Bertz CT molecular complexity index is 984. The Morgan fingerprint density at radius 1 is 1.19 bits per heavy atom. The molecular formula is C20H19ClFN3O2. The Balaban J connectivity index is 1.70. The van der Waals surface area contributed by atoms with E-state index in [-0.39, 0.29) is 17.5 Å². The summed E-state index contributed by atoms with van der Waals surface area (Å²) in [4.78, 5) is 12.3. The number of carbonyl (C=O) groups excluding carboxylic acids is 1. The molecule has 0 spiro atoms. The summed E-state index contributed by atoms with van der Waals surface area (Å²) in [5.74, 6) is -0.561. The summed E-state index contributed by atoms with van der Waals surface area (Å²) in [6.45, 7) is 5.51. The molecule has 1 amide bonds. The smallest absolute Gasteiger partial charge is 0.262 e. The molecule has 0 unspecified atom stereocenters. The highest BCUT2D eigenvalue weighted by Gasteiger charge is 2.15. The van der Waals surface area contributed by atoms with E-state index >= 15 is 0 Å². The van der Waals surface area contributed by atoms with E-state index < -0.39 is 5.82 Å². The minimum Gasteiger partial charge on any atom is -0.484 e. The Morgan fingerprint density at radius 3 is 2.56 bits per heavy atom. The van der Waals surface area contributed by atoms with Crippen molar-refractivity contribution in [2.24, 2.45) is 0 Å². The summed E-state index contributed by atoms with van der Waals surface area (Å²) in [5, 5.41) is 7.27. The van der Waals surface area contributed by atoms with Crippen LogP contribution in [0, 0.1) is 26.6 Å². The molecule has 1 heterocycles. The first-order valence-electron chi connectivity index (χ1n) is 8.36. The minimum absolute atomic E-state index is 0.0565. The molecule has 0 saturated carbocycles. The largest absolute Gasteiger partial charge is 0.484 e. The van der Waals surface area contributed by atoms with Crippen molar-refractivity contribution in [1.82, 2.24) is 9.78 Å². The van der Waals surface area contributed by atoms with Gasteiger partial charge in [0.1, 0.15) is 11.6 Å². The van der Waals surface area contributed by atoms with Crippen LogP contribution in [0.3, 0.4) is 0 Å². The van der Waals surface area contributed by atoms with Crippen LogP contribution in [0.15, 0.2) is 42.5 Å². The summed E-state index contributed by atoms with van der Waals surface area (Å²) in [6.07, 6.45) is 0. The molecule has 3 aromatic rings. The second-order valence-electron chi connectivity index (χ2n) is 6.21. The number of benzene rings is 2. The van der Waals surface area contributed by atoms with Gasteiger partial charge in [-0.3, -0.25) is 4.79 Å². The van der Waals surface area contributed by atoms with Gasteiger partial charge in [-0.15, -0.1) is 0 Å². The zero-order valence-corrected chi connectivity index (χ0v) is 16.0. The van der Waals surface area contributed by atoms with Crippen molar-refractivity contribution in [3.63, 3.8) is 0 Å². The molecule has 0 aliphatic rings. The molecule has 0 atom stereocenters. The lowest BCUT2D eigenvalue weighted by atomic mass is 10.2. The maximum atomic E-state index is 13.2. The molecule has 0 aliphatic heterocycles. The van der Waals surface area contributed by atoms with Crippen LogP contribution in [0.25, 0.3) is 5.69 Å². The lowest BCUT2D eigenvalue weighted by Gasteiger charge is -2.09. The van der Waals surface area contributed by atoms with Gasteiger partial charge in [-0.05, 0) is 45.0 Å². The van der Waals surface area contributed by atoms with Gasteiger partial charge < -0.3 is 10.1 Å². The van der Waals surface area contributed by atoms with E-state index in [0.717, 1.165) is 16.9 Å². The number of anilines is 1. The molecule has 1 N–H and O–H groups in total. The highest BCUT2D eigenvalue weighted by Crippen LogP contribution is 2.24. The lowest BCUT2D eigenvalue weighted by molar-refractivity contribution is -0.118. The van der Waals surface area contributed by atoms with Crippen LogP contribution < -0.4 is 10.1 Å². The summed E-state index contributed by atoms with van der Waals surface area (Å²) in [6, 6.07) is 11.9. The fourth-order valence-corrected chi connectivity index (χ4v) is 2.82. The highest BCUT2D eigenvalue weighted by atomic mass is 35.5. The number of ether oxygens (including phenoxy) is 1. The Morgan fingerprint density at radius 2 is 1.89 bits per heavy atom. The number of nitrogens with zero attached hydrogens (tertiary/aromatic N) is 2. The van der Waals surface area contributed by atoms with Gasteiger partial charge in [0.15, 0.2) is 6.61 Å². The van der Waals surface area contributed by atoms with Crippen molar-refractivity contribution in [3.8, 4) is 11.4 Å². The van der Waals surface area contributed by atoms with E-state index in [1.54, 1.807) is 4.68 Å². The molecule has 5 nitrogen and oxygen atoms in total. The van der Waals surface area contributed by atoms with Crippen molar-refractivity contribution < 1.29 is 13.9 Å². The third-order valence-corrected chi connectivity index (χ3v) is 4.38. The SMILES string of the molecule is Cc1ccc(-n2nc(C)c(NC(=O)COc3ccc(F)c(Cl)c3)c2C)cc1. The maximum absolute atomic E-state index is 13.2. The number of halogens is 2. The first-order chi connectivity index (χ1) is 12.8. The van der Waals surface area contributed by atoms with E-state index in [1.807, 2.05) is 45.0 Å². The van der Waals surface area contributed by atoms with Crippen LogP contribution in [0.1, 0.15) is 17.0 Å². The fourth-order valence-electron chi connectivity index (χ4n) is 2.65.